The first-order chi connectivity index (χ1) is 9.61. The number of hydrogen-bond donors (Lipinski definition) is 2. The van der Waals surface area contributed by atoms with Gasteiger partial charge in [0.2, 0.25) is 5.91 Å². The Bertz CT molecular complexity index is 483. The molecule has 1 unspecified atom stereocenters. The molecule has 0 bridgehead atoms. The number of nitrogens with zero attached hydrogens (tertiary/aromatic N) is 1. The van der Waals surface area contributed by atoms with E-state index in [1.807, 2.05) is 17.9 Å². The van der Waals surface area contributed by atoms with Gasteiger partial charge in [-0.3, -0.25) is 9.69 Å². The van der Waals surface area contributed by atoms with Crippen LogP contribution in [-0.4, -0.2) is 43.0 Å². The van der Waals surface area contributed by atoms with Crippen molar-refractivity contribution < 1.29 is 9.18 Å². The van der Waals surface area contributed by atoms with Crippen molar-refractivity contribution in [3.63, 3.8) is 0 Å². The number of halogens is 2. The van der Waals surface area contributed by atoms with Crippen LogP contribution in [0, 0.1) is 5.82 Å². The van der Waals surface area contributed by atoms with Gasteiger partial charge < -0.3 is 10.6 Å². The van der Waals surface area contributed by atoms with Crippen molar-refractivity contribution in [1.29, 1.82) is 0 Å². The number of nitrogens with one attached hydrogen (secondary N) is 2. The fourth-order valence-corrected chi connectivity index (χ4v) is 2.69. The fourth-order valence-electron chi connectivity index (χ4n) is 2.35. The summed E-state index contributed by atoms with van der Waals surface area (Å²) >= 11 is 3.25. The highest BCUT2D eigenvalue weighted by atomic mass is 79.9. The lowest BCUT2D eigenvalue weighted by Crippen LogP contribution is -2.57. The van der Waals surface area contributed by atoms with Crippen LogP contribution in [-0.2, 0) is 11.3 Å². The summed E-state index contributed by atoms with van der Waals surface area (Å²) in [6.07, 6.45) is 0. The molecule has 0 radical (unpaired) electrons. The van der Waals surface area contributed by atoms with Crippen LogP contribution in [0.1, 0.15) is 12.5 Å². The topological polar surface area (TPSA) is 44.4 Å². The van der Waals surface area contributed by atoms with E-state index in [2.05, 4.69) is 26.6 Å². The molecule has 0 spiro atoms. The van der Waals surface area contributed by atoms with Crippen molar-refractivity contribution in [2.24, 2.45) is 0 Å². The van der Waals surface area contributed by atoms with Gasteiger partial charge in [-0.2, -0.15) is 0 Å². The third kappa shape index (κ3) is 3.77. The van der Waals surface area contributed by atoms with Gasteiger partial charge in [0, 0.05) is 42.8 Å². The normalized spacial score (nSPS) is 19.9. The van der Waals surface area contributed by atoms with Gasteiger partial charge in [-0.05, 0) is 19.1 Å². The standard InChI is InChI=1S/C14H19BrFN3O/c1-2-18-14(20)13-8-17-5-6-19(13)9-10-3-4-11(15)7-12(10)16/h3-4,7,13,17H,2,5-6,8-9H2,1H3,(H,18,20). The molecule has 6 heteroatoms. The van der Waals surface area contributed by atoms with Gasteiger partial charge in [0.05, 0.1) is 0 Å². The van der Waals surface area contributed by atoms with Crippen LogP contribution < -0.4 is 10.6 Å². The maximum atomic E-state index is 13.9. The SMILES string of the molecule is CCNC(=O)C1CNCCN1Cc1ccc(Br)cc1F. The van der Waals surface area contributed by atoms with Crippen LogP contribution in [0.5, 0.6) is 0 Å². The van der Waals surface area contributed by atoms with Gasteiger partial charge in [0.15, 0.2) is 0 Å². The van der Waals surface area contributed by atoms with E-state index in [1.54, 1.807) is 6.07 Å². The molecular weight excluding hydrogens is 325 g/mol. The summed E-state index contributed by atoms with van der Waals surface area (Å²) in [5.74, 6) is -0.246. The number of hydrogen-bond acceptors (Lipinski definition) is 3. The molecule has 110 valence electrons. The predicted octanol–water partition coefficient (Wildman–Crippen LogP) is 1.50. The van der Waals surface area contributed by atoms with Crippen molar-refractivity contribution >= 4 is 21.8 Å². The summed E-state index contributed by atoms with van der Waals surface area (Å²) in [4.78, 5) is 14.1. The summed E-state index contributed by atoms with van der Waals surface area (Å²) in [6, 6.07) is 4.79. The monoisotopic (exact) mass is 343 g/mol. The van der Waals surface area contributed by atoms with E-state index >= 15 is 0 Å². The van der Waals surface area contributed by atoms with Gasteiger partial charge in [0.1, 0.15) is 11.9 Å². The van der Waals surface area contributed by atoms with E-state index < -0.39 is 0 Å². The second-order valence-corrected chi connectivity index (χ2v) is 5.74. The molecule has 1 aliphatic rings. The lowest BCUT2D eigenvalue weighted by molar-refractivity contribution is -0.127. The number of carbonyl (C=O) groups excluding carboxylic acids is 1. The van der Waals surface area contributed by atoms with Gasteiger partial charge >= 0.3 is 0 Å². The smallest absolute Gasteiger partial charge is 0.238 e. The second-order valence-electron chi connectivity index (χ2n) is 4.82. The average molecular weight is 344 g/mol. The van der Waals surface area contributed by atoms with Crippen molar-refractivity contribution in [2.45, 2.75) is 19.5 Å². The minimum atomic E-state index is -0.244. The highest BCUT2D eigenvalue weighted by molar-refractivity contribution is 9.10. The highest BCUT2D eigenvalue weighted by Crippen LogP contribution is 2.18. The number of likely N-dealkylation sites (N-methyl/N-ethyl adjacent to an activating group) is 1. The lowest BCUT2D eigenvalue weighted by Gasteiger charge is -2.35. The van der Waals surface area contributed by atoms with E-state index in [0.29, 0.717) is 25.2 Å². The largest absolute Gasteiger partial charge is 0.355 e. The van der Waals surface area contributed by atoms with Crippen molar-refractivity contribution in [3.05, 3.63) is 34.1 Å². The van der Waals surface area contributed by atoms with Crippen LogP contribution in [0.3, 0.4) is 0 Å². The fraction of sp³-hybridized carbons (Fsp3) is 0.500. The Kier molecular flexibility index (Phi) is 5.51. The van der Waals surface area contributed by atoms with E-state index in [4.69, 9.17) is 0 Å². The Balaban J connectivity index is 2.10. The summed E-state index contributed by atoms with van der Waals surface area (Å²) in [5, 5.41) is 6.04. The predicted molar refractivity (Wildman–Crippen MR) is 79.9 cm³/mol. The van der Waals surface area contributed by atoms with Gasteiger partial charge in [-0.15, -0.1) is 0 Å². The number of amides is 1. The molecule has 1 fully saturated rings. The number of benzene rings is 1. The quantitative estimate of drug-likeness (QED) is 0.870. The first kappa shape index (κ1) is 15.4. The maximum Gasteiger partial charge on any atom is 0.238 e. The molecule has 1 amide bonds. The van der Waals surface area contributed by atoms with E-state index in [1.165, 1.54) is 6.07 Å². The average Bonchev–Trinajstić information content (AvgIpc) is 2.43. The first-order valence-electron chi connectivity index (χ1n) is 6.78. The zero-order valence-electron chi connectivity index (χ0n) is 11.5. The lowest BCUT2D eigenvalue weighted by atomic mass is 10.1. The zero-order valence-corrected chi connectivity index (χ0v) is 13.0. The van der Waals surface area contributed by atoms with Crippen LogP contribution in [0.2, 0.25) is 0 Å². The van der Waals surface area contributed by atoms with Crippen molar-refractivity contribution in [2.75, 3.05) is 26.2 Å². The van der Waals surface area contributed by atoms with E-state index in [9.17, 15) is 9.18 Å². The molecule has 1 aromatic rings. The van der Waals surface area contributed by atoms with Crippen LogP contribution >= 0.6 is 15.9 Å². The summed E-state index contributed by atoms with van der Waals surface area (Å²) in [7, 11) is 0. The van der Waals surface area contributed by atoms with E-state index in [-0.39, 0.29) is 17.8 Å². The molecule has 1 heterocycles. The Morgan fingerprint density at radius 1 is 1.60 bits per heavy atom. The minimum Gasteiger partial charge on any atom is -0.355 e. The van der Waals surface area contributed by atoms with Crippen LogP contribution in [0.25, 0.3) is 0 Å². The molecule has 1 atom stereocenters. The molecule has 0 saturated carbocycles. The molecule has 1 aliphatic heterocycles. The molecule has 4 nitrogen and oxygen atoms in total. The third-order valence-electron chi connectivity index (χ3n) is 3.40. The number of piperazine rings is 1. The van der Waals surface area contributed by atoms with Gasteiger partial charge in [-0.25, -0.2) is 4.39 Å². The molecule has 20 heavy (non-hydrogen) atoms. The Morgan fingerprint density at radius 3 is 3.10 bits per heavy atom. The van der Waals surface area contributed by atoms with Crippen molar-refractivity contribution in [3.8, 4) is 0 Å². The van der Waals surface area contributed by atoms with Crippen LogP contribution in [0.4, 0.5) is 4.39 Å². The maximum absolute atomic E-state index is 13.9. The molecule has 1 aromatic carbocycles. The second kappa shape index (κ2) is 7.15. The molecule has 0 aliphatic carbocycles. The Hall–Kier alpha value is -0.980. The third-order valence-corrected chi connectivity index (χ3v) is 3.89. The summed E-state index contributed by atoms with van der Waals surface area (Å²) in [6.45, 7) is 5.10. The summed E-state index contributed by atoms with van der Waals surface area (Å²) in [5.41, 5.74) is 0.615. The Labute approximate surface area is 126 Å². The molecular formula is C14H19BrFN3O. The van der Waals surface area contributed by atoms with Crippen LogP contribution in [0.15, 0.2) is 22.7 Å². The molecule has 2 N–H and O–H groups in total. The molecule has 0 aromatic heterocycles. The van der Waals surface area contributed by atoms with Gasteiger partial charge in [-0.1, -0.05) is 22.0 Å². The first-order valence-corrected chi connectivity index (χ1v) is 7.57. The zero-order chi connectivity index (χ0) is 14.5. The highest BCUT2D eigenvalue weighted by Gasteiger charge is 2.28. The summed E-state index contributed by atoms with van der Waals surface area (Å²) < 4.78 is 14.6. The number of rotatable bonds is 4. The Morgan fingerprint density at radius 2 is 2.40 bits per heavy atom. The minimum absolute atomic E-state index is 0.00257. The van der Waals surface area contributed by atoms with Crippen molar-refractivity contribution in [1.82, 2.24) is 15.5 Å². The van der Waals surface area contributed by atoms with E-state index in [0.717, 1.165) is 17.6 Å². The molecule has 1 saturated heterocycles. The molecule has 2 rings (SSSR count). The number of carbonyl (C=O) groups is 1. The van der Waals surface area contributed by atoms with Gasteiger partial charge in [0.25, 0.3) is 0 Å².